The Morgan fingerprint density at radius 2 is 2.27 bits per heavy atom. The lowest BCUT2D eigenvalue weighted by molar-refractivity contribution is -0.132. The summed E-state index contributed by atoms with van der Waals surface area (Å²) in [6, 6.07) is 5.33. The van der Waals surface area contributed by atoms with Crippen LogP contribution in [0.1, 0.15) is 30.1 Å². The van der Waals surface area contributed by atoms with Crippen LogP contribution >= 0.6 is 0 Å². The second kappa shape index (κ2) is 7.35. The lowest BCUT2D eigenvalue weighted by atomic mass is 9.93. The van der Waals surface area contributed by atoms with Crippen molar-refractivity contribution in [2.45, 2.75) is 25.9 Å². The summed E-state index contributed by atoms with van der Waals surface area (Å²) >= 11 is 0. The largest absolute Gasteiger partial charge is 0.393 e. The minimum absolute atomic E-state index is 0.0802. The van der Waals surface area contributed by atoms with Gasteiger partial charge in [0.2, 0.25) is 5.91 Å². The molecule has 0 bridgehead atoms. The lowest BCUT2D eigenvalue weighted by Gasteiger charge is -2.34. The summed E-state index contributed by atoms with van der Waals surface area (Å²) in [5, 5.41) is 12.1. The molecule has 1 aliphatic rings. The van der Waals surface area contributed by atoms with E-state index in [-0.39, 0.29) is 23.9 Å². The number of aliphatic hydroxyl groups excluding tert-OH is 1. The molecule has 0 saturated carbocycles. The molecule has 0 aliphatic carbocycles. The van der Waals surface area contributed by atoms with E-state index in [1.165, 1.54) is 18.2 Å². The Bertz CT molecular complexity index is 548. The van der Waals surface area contributed by atoms with Crippen LogP contribution in [0.3, 0.4) is 0 Å². The zero-order valence-electron chi connectivity index (χ0n) is 12.6. The molecular formula is C16H21FN2O3. The maximum absolute atomic E-state index is 13.1. The SMILES string of the molecule is CC(O)C1CCCN(C(=O)CNC(=O)c2cccc(F)c2)C1. The van der Waals surface area contributed by atoms with E-state index in [0.717, 1.165) is 18.9 Å². The Balaban J connectivity index is 1.86. The molecule has 120 valence electrons. The van der Waals surface area contributed by atoms with E-state index in [9.17, 15) is 19.1 Å². The number of hydrogen-bond acceptors (Lipinski definition) is 3. The van der Waals surface area contributed by atoms with Crippen molar-refractivity contribution in [2.24, 2.45) is 5.92 Å². The third kappa shape index (κ3) is 4.27. The zero-order valence-corrected chi connectivity index (χ0v) is 12.6. The molecule has 5 nitrogen and oxygen atoms in total. The standard InChI is InChI=1S/C16H21FN2O3/c1-11(20)13-5-3-7-19(10-13)15(21)9-18-16(22)12-4-2-6-14(17)8-12/h2,4,6,8,11,13,20H,3,5,7,9-10H2,1H3,(H,18,22). The number of aliphatic hydroxyl groups is 1. The van der Waals surface area contributed by atoms with Gasteiger partial charge in [0.15, 0.2) is 0 Å². The molecule has 2 rings (SSSR count). The molecule has 2 N–H and O–H groups in total. The summed E-state index contributed by atoms with van der Waals surface area (Å²) < 4.78 is 13.1. The monoisotopic (exact) mass is 308 g/mol. The minimum atomic E-state index is -0.491. The molecule has 2 atom stereocenters. The normalized spacial score (nSPS) is 19.6. The Labute approximate surface area is 129 Å². The summed E-state index contributed by atoms with van der Waals surface area (Å²) in [6.45, 7) is 2.75. The van der Waals surface area contributed by atoms with Crippen molar-refractivity contribution < 1.29 is 19.1 Å². The molecule has 1 aliphatic heterocycles. The van der Waals surface area contributed by atoms with Crippen molar-refractivity contribution >= 4 is 11.8 Å². The Morgan fingerprint density at radius 3 is 2.95 bits per heavy atom. The van der Waals surface area contributed by atoms with Gasteiger partial charge in [0.05, 0.1) is 12.6 Å². The molecule has 2 amide bonds. The number of rotatable bonds is 4. The van der Waals surface area contributed by atoms with Gasteiger partial charge in [-0.2, -0.15) is 0 Å². The molecule has 22 heavy (non-hydrogen) atoms. The van der Waals surface area contributed by atoms with Gasteiger partial charge < -0.3 is 15.3 Å². The number of nitrogens with one attached hydrogen (secondary N) is 1. The molecule has 1 aromatic carbocycles. The van der Waals surface area contributed by atoms with E-state index in [1.54, 1.807) is 11.8 Å². The maximum Gasteiger partial charge on any atom is 0.251 e. The number of amides is 2. The van der Waals surface area contributed by atoms with Crippen LogP contribution in [-0.2, 0) is 4.79 Å². The highest BCUT2D eigenvalue weighted by Crippen LogP contribution is 2.19. The third-order valence-corrected chi connectivity index (χ3v) is 3.98. The lowest BCUT2D eigenvalue weighted by Crippen LogP contribution is -2.46. The van der Waals surface area contributed by atoms with E-state index >= 15 is 0 Å². The average Bonchev–Trinajstić information content (AvgIpc) is 2.52. The van der Waals surface area contributed by atoms with Gasteiger partial charge in [-0.05, 0) is 38.0 Å². The van der Waals surface area contributed by atoms with Gasteiger partial charge >= 0.3 is 0 Å². The highest BCUT2D eigenvalue weighted by atomic mass is 19.1. The van der Waals surface area contributed by atoms with Gasteiger partial charge in [-0.1, -0.05) is 6.07 Å². The van der Waals surface area contributed by atoms with E-state index in [2.05, 4.69) is 5.32 Å². The molecule has 1 fully saturated rings. The smallest absolute Gasteiger partial charge is 0.251 e. The number of carbonyl (C=O) groups excluding carboxylic acids is 2. The fourth-order valence-corrected chi connectivity index (χ4v) is 2.63. The van der Waals surface area contributed by atoms with Gasteiger partial charge in [-0.15, -0.1) is 0 Å². The summed E-state index contributed by atoms with van der Waals surface area (Å²) in [5.74, 6) is -1.07. The fourth-order valence-electron chi connectivity index (χ4n) is 2.63. The number of nitrogens with zero attached hydrogens (tertiary/aromatic N) is 1. The first-order valence-corrected chi connectivity index (χ1v) is 7.47. The van der Waals surface area contributed by atoms with Crippen molar-refractivity contribution in [2.75, 3.05) is 19.6 Å². The van der Waals surface area contributed by atoms with Crippen LogP contribution in [0.5, 0.6) is 0 Å². The number of benzene rings is 1. The van der Waals surface area contributed by atoms with Crippen molar-refractivity contribution in [1.82, 2.24) is 10.2 Å². The van der Waals surface area contributed by atoms with E-state index in [1.807, 2.05) is 0 Å². The molecule has 6 heteroatoms. The van der Waals surface area contributed by atoms with Crippen molar-refractivity contribution in [3.05, 3.63) is 35.6 Å². The van der Waals surface area contributed by atoms with Crippen molar-refractivity contribution in [3.8, 4) is 0 Å². The summed E-state index contributed by atoms with van der Waals surface area (Å²) in [5.41, 5.74) is 0.188. The van der Waals surface area contributed by atoms with Crippen LogP contribution in [0.4, 0.5) is 4.39 Å². The van der Waals surface area contributed by atoms with Crippen molar-refractivity contribution in [1.29, 1.82) is 0 Å². The predicted octanol–water partition coefficient (Wildman–Crippen LogP) is 1.17. The minimum Gasteiger partial charge on any atom is -0.393 e. The highest BCUT2D eigenvalue weighted by Gasteiger charge is 2.26. The van der Waals surface area contributed by atoms with Gasteiger partial charge in [0.25, 0.3) is 5.91 Å². The highest BCUT2D eigenvalue weighted by molar-refractivity contribution is 5.96. The summed E-state index contributed by atoms with van der Waals surface area (Å²) in [6.07, 6.45) is 1.30. The molecule has 0 radical (unpaired) electrons. The van der Waals surface area contributed by atoms with E-state index < -0.39 is 17.8 Å². The van der Waals surface area contributed by atoms with Gasteiger partial charge in [0, 0.05) is 24.6 Å². The summed E-state index contributed by atoms with van der Waals surface area (Å²) in [7, 11) is 0. The Morgan fingerprint density at radius 1 is 1.50 bits per heavy atom. The first-order valence-electron chi connectivity index (χ1n) is 7.47. The predicted molar refractivity (Wildman–Crippen MR) is 79.7 cm³/mol. The van der Waals surface area contributed by atoms with Crippen molar-refractivity contribution in [3.63, 3.8) is 0 Å². The summed E-state index contributed by atoms with van der Waals surface area (Å²) in [4.78, 5) is 25.7. The number of likely N-dealkylation sites (tertiary alicyclic amines) is 1. The Hall–Kier alpha value is -1.95. The molecule has 1 heterocycles. The molecule has 0 aromatic heterocycles. The molecule has 1 aromatic rings. The molecule has 0 spiro atoms. The average molecular weight is 308 g/mol. The van der Waals surface area contributed by atoms with E-state index in [4.69, 9.17) is 0 Å². The first-order chi connectivity index (χ1) is 10.5. The molecular weight excluding hydrogens is 287 g/mol. The second-order valence-corrected chi connectivity index (χ2v) is 5.68. The van der Waals surface area contributed by atoms with Crippen LogP contribution in [0.2, 0.25) is 0 Å². The quantitative estimate of drug-likeness (QED) is 0.877. The maximum atomic E-state index is 13.1. The molecule has 1 saturated heterocycles. The number of halogens is 1. The second-order valence-electron chi connectivity index (χ2n) is 5.68. The Kier molecular flexibility index (Phi) is 5.49. The third-order valence-electron chi connectivity index (χ3n) is 3.98. The number of hydrogen-bond donors (Lipinski definition) is 2. The topological polar surface area (TPSA) is 69.6 Å². The first kappa shape index (κ1) is 16.4. The van der Waals surface area contributed by atoms with Crippen LogP contribution in [0, 0.1) is 11.7 Å². The van der Waals surface area contributed by atoms with Crippen LogP contribution in [-0.4, -0.2) is 47.6 Å². The van der Waals surface area contributed by atoms with Gasteiger partial charge in [0.1, 0.15) is 5.82 Å². The van der Waals surface area contributed by atoms with Gasteiger partial charge in [-0.3, -0.25) is 9.59 Å². The zero-order chi connectivity index (χ0) is 16.1. The van der Waals surface area contributed by atoms with Gasteiger partial charge in [-0.25, -0.2) is 4.39 Å². The van der Waals surface area contributed by atoms with Crippen LogP contribution in [0.15, 0.2) is 24.3 Å². The number of carbonyl (C=O) groups is 2. The molecule has 2 unspecified atom stereocenters. The fraction of sp³-hybridized carbons (Fsp3) is 0.500. The number of piperidine rings is 1. The van der Waals surface area contributed by atoms with Crippen LogP contribution < -0.4 is 5.32 Å². The van der Waals surface area contributed by atoms with Crippen LogP contribution in [0.25, 0.3) is 0 Å². The van der Waals surface area contributed by atoms with E-state index in [0.29, 0.717) is 13.1 Å².